The van der Waals surface area contributed by atoms with E-state index in [0.717, 1.165) is 6.07 Å². The van der Waals surface area contributed by atoms with Crippen molar-refractivity contribution in [3.63, 3.8) is 0 Å². The van der Waals surface area contributed by atoms with Crippen LogP contribution in [0.5, 0.6) is 0 Å². The second-order valence-electron chi connectivity index (χ2n) is 7.84. The van der Waals surface area contributed by atoms with Gasteiger partial charge in [0.05, 0.1) is 21.8 Å². The monoisotopic (exact) mass is 657 g/mol. The molecule has 1 aromatic heterocycles. The van der Waals surface area contributed by atoms with E-state index < -0.39 is 11.9 Å². The molecule has 1 N–H and O–H groups in total. The molecular weight excluding hydrogens is 628 g/mol. The SMILES string of the molecule is CC.O=C(NC1CCC(N(S)c2cc(C(F)(F)F)nc3ccccc23)CC1)c1ccccc1Cl.[CH3-].[Cs+]. The molecule has 0 spiro atoms. The molecule has 0 radical (unpaired) electrons. The van der Waals surface area contributed by atoms with E-state index in [2.05, 4.69) is 23.1 Å². The first kappa shape index (κ1) is 33.6. The first-order valence-electron chi connectivity index (χ1n) is 11.2. The maximum absolute atomic E-state index is 13.4. The van der Waals surface area contributed by atoms with Gasteiger partial charge in [0, 0.05) is 17.5 Å². The van der Waals surface area contributed by atoms with E-state index in [9.17, 15) is 18.0 Å². The number of carbonyl (C=O) groups excluding carboxylic acids is 1. The van der Waals surface area contributed by atoms with Crippen LogP contribution >= 0.6 is 24.4 Å². The van der Waals surface area contributed by atoms with E-state index in [0.29, 0.717) is 47.3 Å². The quantitative estimate of drug-likeness (QED) is 0.314. The predicted octanol–water partition coefficient (Wildman–Crippen LogP) is 4.78. The number of anilines is 1. The van der Waals surface area contributed by atoms with Crippen molar-refractivity contribution in [2.75, 3.05) is 4.31 Å². The molecule has 1 amide bonds. The zero-order valence-corrected chi connectivity index (χ0v) is 28.9. The number of rotatable bonds is 4. The van der Waals surface area contributed by atoms with Crippen LogP contribution in [-0.2, 0) is 6.18 Å². The smallest absolute Gasteiger partial charge is 0.358 e. The molecule has 190 valence electrons. The van der Waals surface area contributed by atoms with Crippen LogP contribution in [0.3, 0.4) is 0 Å². The molecule has 1 aliphatic carbocycles. The number of pyridine rings is 1. The number of para-hydroxylation sites is 1. The van der Waals surface area contributed by atoms with Crippen molar-refractivity contribution in [3.8, 4) is 0 Å². The van der Waals surface area contributed by atoms with Gasteiger partial charge in [-0.15, -0.1) is 0 Å². The molecule has 4 nitrogen and oxygen atoms in total. The van der Waals surface area contributed by atoms with Crippen LogP contribution in [0.25, 0.3) is 10.9 Å². The van der Waals surface area contributed by atoms with E-state index in [1.54, 1.807) is 52.8 Å². The molecule has 3 aromatic rings. The maximum atomic E-state index is 13.4. The summed E-state index contributed by atoms with van der Waals surface area (Å²) in [4.78, 5) is 16.3. The van der Waals surface area contributed by atoms with E-state index in [-0.39, 0.29) is 99.8 Å². The van der Waals surface area contributed by atoms with Gasteiger partial charge in [0.1, 0.15) is 5.69 Å². The zero-order valence-electron chi connectivity index (χ0n) is 20.9. The number of hydrogen-bond acceptors (Lipinski definition) is 4. The van der Waals surface area contributed by atoms with Gasteiger partial charge >= 0.3 is 75.1 Å². The number of halogens is 4. The van der Waals surface area contributed by atoms with Gasteiger partial charge < -0.3 is 17.0 Å². The number of nitrogens with zero attached hydrogens (tertiary/aromatic N) is 2. The minimum absolute atomic E-state index is 0. The third-order valence-electron chi connectivity index (χ3n) is 5.73. The number of thiol groups is 1. The molecule has 10 heteroatoms. The van der Waals surface area contributed by atoms with Crippen molar-refractivity contribution >= 4 is 46.9 Å². The van der Waals surface area contributed by atoms with Crippen molar-refractivity contribution in [2.24, 2.45) is 0 Å². The van der Waals surface area contributed by atoms with Crippen LogP contribution in [0.2, 0.25) is 5.02 Å². The molecule has 0 aliphatic heterocycles. The van der Waals surface area contributed by atoms with Crippen LogP contribution in [0.1, 0.15) is 55.6 Å². The summed E-state index contributed by atoms with van der Waals surface area (Å²) in [7, 11) is 0. The topological polar surface area (TPSA) is 45.2 Å². The van der Waals surface area contributed by atoms with Crippen LogP contribution in [-0.4, -0.2) is 23.0 Å². The summed E-state index contributed by atoms with van der Waals surface area (Å²) in [6.45, 7) is 4.00. The summed E-state index contributed by atoms with van der Waals surface area (Å²) >= 11 is 10.7. The summed E-state index contributed by atoms with van der Waals surface area (Å²) in [5.41, 5.74) is 0.146. The predicted molar refractivity (Wildman–Crippen MR) is 141 cm³/mol. The van der Waals surface area contributed by atoms with Gasteiger partial charge in [0.2, 0.25) is 0 Å². The first-order chi connectivity index (χ1) is 16.2. The van der Waals surface area contributed by atoms with Crippen molar-refractivity contribution in [1.82, 2.24) is 10.3 Å². The van der Waals surface area contributed by atoms with E-state index >= 15 is 0 Å². The number of amides is 1. The molecule has 0 atom stereocenters. The van der Waals surface area contributed by atoms with Gasteiger partial charge in [-0.25, -0.2) is 4.98 Å². The van der Waals surface area contributed by atoms with Gasteiger partial charge in [-0.3, -0.25) is 4.79 Å². The molecule has 1 fully saturated rings. The molecule has 0 bridgehead atoms. The average Bonchev–Trinajstić information content (AvgIpc) is 2.84. The second-order valence-corrected chi connectivity index (χ2v) is 8.68. The number of aromatic nitrogens is 1. The number of fused-ring (bicyclic) bond motifs is 1. The van der Waals surface area contributed by atoms with Crippen LogP contribution in [0, 0.1) is 7.43 Å². The molecule has 1 saturated carbocycles. The zero-order chi connectivity index (χ0) is 24.9. The summed E-state index contributed by atoms with van der Waals surface area (Å²) in [6.07, 6.45) is -1.82. The standard InChI is InChI=1S/C23H21ClF3N3OS.C2H6.CH3.Cs/c24-18-7-3-1-5-16(18)22(31)28-14-9-11-15(12-10-14)30(32)20-13-21(23(25,26)27)29-19-8-4-2-6-17(19)20;1-2;;/h1-8,13-15,32H,9-12H2,(H,28,31);1-2H3;1H3;/q;;-1;+1. The Morgan fingerprint density at radius 3 is 2.25 bits per heavy atom. The third-order valence-corrected chi connectivity index (χ3v) is 6.60. The van der Waals surface area contributed by atoms with Gasteiger partial charge in [0.25, 0.3) is 5.91 Å². The summed E-state index contributed by atoms with van der Waals surface area (Å²) in [5.74, 6) is -0.225. The maximum Gasteiger partial charge on any atom is 1.00 e. The Morgan fingerprint density at radius 2 is 1.64 bits per heavy atom. The molecule has 1 heterocycles. The Kier molecular flexibility index (Phi) is 14.3. The van der Waals surface area contributed by atoms with Crippen molar-refractivity contribution in [2.45, 2.75) is 57.8 Å². The second kappa shape index (κ2) is 15.3. The van der Waals surface area contributed by atoms with E-state index in [4.69, 9.17) is 11.6 Å². The molecule has 1 aliphatic rings. The Balaban J connectivity index is 0.00000158. The number of benzene rings is 2. The molecule has 4 rings (SSSR count). The molecule has 0 saturated heterocycles. The van der Waals surface area contributed by atoms with Crippen molar-refractivity contribution in [1.29, 1.82) is 0 Å². The Labute approximate surface area is 280 Å². The third kappa shape index (κ3) is 8.30. The summed E-state index contributed by atoms with van der Waals surface area (Å²) < 4.78 is 41.8. The summed E-state index contributed by atoms with van der Waals surface area (Å²) in [5, 5.41) is 4.02. The fourth-order valence-electron chi connectivity index (χ4n) is 4.06. The van der Waals surface area contributed by atoms with E-state index in [1.165, 1.54) is 0 Å². The van der Waals surface area contributed by atoms with Crippen LogP contribution < -0.4 is 78.5 Å². The number of hydrogen-bond donors (Lipinski definition) is 2. The van der Waals surface area contributed by atoms with Crippen LogP contribution in [0.15, 0.2) is 54.6 Å². The average molecular weight is 658 g/mol. The Bertz CT molecular complexity index is 1140. The van der Waals surface area contributed by atoms with Crippen molar-refractivity contribution < 1.29 is 86.9 Å². The van der Waals surface area contributed by atoms with E-state index in [1.807, 2.05) is 13.8 Å². The summed E-state index contributed by atoms with van der Waals surface area (Å²) in [6, 6.07) is 14.6. The van der Waals surface area contributed by atoms with Gasteiger partial charge in [-0.1, -0.05) is 68.6 Å². The normalized spacial score (nSPS) is 17.1. The van der Waals surface area contributed by atoms with Crippen LogP contribution in [0.4, 0.5) is 18.9 Å². The number of carbonyl (C=O) groups is 1. The van der Waals surface area contributed by atoms with Gasteiger partial charge in [-0.05, 0) is 49.9 Å². The molecule has 0 unspecified atom stereocenters. The number of nitrogens with one attached hydrogen (secondary N) is 1. The van der Waals surface area contributed by atoms with Gasteiger partial charge in [-0.2, -0.15) is 13.2 Å². The van der Waals surface area contributed by atoms with Gasteiger partial charge in [0.15, 0.2) is 0 Å². The minimum Gasteiger partial charge on any atom is -0.358 e. The Morgan fingerprint density at radius 1 is 1.06 bits per heavy atom. The fourth-order valence-corrected chi connectivity index (χ4v) is 4.68. The fraction of sp³-hybridized carbons (Fsp3) is 0.346. The molecule has 2 aromatic carbocycles. The largest absolute Gasteiger partial charge is 1.00 e. The first-order valence-corrected chi connectivity index (χ1v) is 12.0. The number of alkyl halides is 3. The van der Waals surface area contributed by atoms with Crippen molar-refractivity contribution in [3.05, 3.63) is 78.3 Å². The molecule has 36 heavy (non-hydrogen) atoms. The minimum atomic E-state index is -4.55. The Hall–Kier alpha value is -0.398. The molecular formula is C26H30ClCsF3N3OS.